The molecule has 0 amide bonds. The molecule has 7 nitrogen and oxygen atoms in total. The Morgan fingerprint density at radius 3 is 2.95 bits per heavy atom. The Hall–Kier alpha value is -2.20. The first-order valence-corrected chi connectivity index (χ1v) is 6.39. The molecular weight excluding hydrogens is 260 g/mol. The Bertz CT molecular complexity index is 555. The van der Waals surface area contributed by atoms with Crippen LogP contribution in [0, 0.1) is 24.2 Å². The zero-order valence-electron chi connectivity index (χ0n) is 11.4. The van der Waals surface area contributed by atoms with Gasteiger partial charge in [-0.05, 0) is 19.9 Å². The number of hydrogen-bond donors (Lipinski definition) is 1. The van der Waals surface area contributed by atoms with Gasteiger partial charge in [0, 0.05) is 12.2 Å². The molecule has 2 rings (SSSR count). The summed E-state index contributed by atoms with van der Waals surface area (Å²) in [7, 11) is 0. The molecule has 106 valence electrons. The van der Waals surface area contributed by atoms with Crippen LogP contribution in [0.2, 0.25) is 0 Å². The number of aliphatic carboxylic acids is 1. The number of aromatic nitrogens is 2. The Balaban J connectivity index is 2.35. The Kier molecular flexibility index (Phi) is 4.15. The molecule has 1 N–H and O–H groups in total. The molecule has 0 bridgehead atoms. The smallest absolute Gasteiger partial charge is 0.311 e. The van der Waals surface area contributed by atoms with Crippen molar-refractivity contribution < 1.29 is 14.6 Å². The lowest BCUT2D eigenvalue weighted by Crippen LogP contribution is -2.44. The van der Waals surface area contributed by atoms with Gasteiger partial charge in [-0.2, -0.15) is 5.26 Å². The zero-order chi connectivity index (χ0) is 14.7. The van der Waals surface area contributed by atoms with E-state index in [9.17, 15) is 9.90 Å². The van der Waals surface area contributed by atoms with Crippen LogP contribution in [-0.4, -0.2) is 46.8 Å². The van der Waals surface area contributed by atoms with Gasteiger partial charge in [-0.25, -0.2) is 9.97 Å². The van der Waals surface area contributed by atoms with Crippen LogP contribution in [0.5, 0.6) is 0 Å². The van der Waals surface area contributed by atoms with Crippen molar-refractivity contribution in [3.63, 3.8) is 0 Å². The third kappa shape index (κ3) is 2.70. The van der Waals surface area contributed by atoms with Crippen LogP contribution < -0.4 is 4.90 Å². The normalized spacial score (nSPS) is 21.4. The molecule has 1 aliphatic heterocycles. The number of likely N-dealkylation sites (N-methyl/N-ethyl adjacent to an activating group) is 1. The van der Waals surface area contributed by atoms with E-state index in [1.165, 1.54) is 0 Å². The lowest BCUT2D eigenvalue weighted by Gasteiger charge is -2.29. The van der Waals surface area contributed by atoms with Gasteiger partial charge in [-0.15, -0.1) is 0 Å². The molecule has 0 aliphatic carbocycles. The Labute approximate surface area is 116 Å². The molecule has 2 unspecified atom stereocenters. The van der Waals surface area contributed by atoms with Crippen LogP contribution in [0.25, 0.3) is 0 Å². The number of carboxylic acids is 1. The molecule has 20 heavy (non-hydrogen) atoms. The fourth-order valence-electron chi connectivity index (χ4n) is 2.35. The summed E-state index contributed by atoms with van der Waals surface area (Å²) in [5, 5.41) is 18.2. The highest BCUT2D eigenvalue weighted by molar-refractivity contribution is 5.72. The van der Waals surface area contributed by atoms with E-state index in [0.29, 0.717) is 24.8 Å². The second kappa shape index (κ2) is 5.84. The van der Waals surface area contributed by atoms with Crippen molar-refractivity contribution >= 4 is 11.9 Å². The lowest BCUT2D eigenvalue weighted by atomic mass is 10.0. The van der Waals surface area contributed by atoms with Crippen molar-refractivity contribution in [2.75, 3.05) is 24.7 Å². The largest absolute Gasteiger partial charge is 0.481 e. The standard InChI is InChI=1S/C13H16N4O3/c1-3-17(11-7-20-6-10(11)12(18)19)13-15-8(2)4-9(5-14)16-13/h4,10-11H,3,6-7H2,1-2H3,(H,18,19). The number of nitrogens with zero attached hydrogens (tertiary/aromatic N) is 4. The van der Waals surface area contributed by atoms with Crippen LogP contribution in [0.15, 0.2) is 6.07 Å². The second-order valence-corrected chi connectivity index (χ2v) is 4.64. The van der Waals surface area contributed by atoms with Crippen LogP contribution in [0.1, 0.15) is 18.3 Å². The molecule has 1 aromatic rings. The molecule has 2 atom stereocenters. The minimum Gasteiger partial charge on any atom is -0.481 e. The third-order valence-electron chi connectivity index (χ3n) is 3.32. The fourth-order valence-corrected chi connectivity index (χ4v) is 2.35. The summed E-state index contributed by atoms with van der Waals surface area (Å²) in [5.41, 5.74) is 0.951. The fraction of sp³-hybridized carbons (Fsp3) is 0.538. The maximum Gasteiger partial charge on any atom is 0.311 e. The van der Waals surface area contributed by atoms with Crippen molar-refractivity contribution in [2.24, 2.45) is 5.92 Å². The molecule has 0 aromatic carbocycles. The molecule has 0 radical (unpaired) electrons. The number of anilines is 1. The number of hydrogen-bond acceptors (Lipinski definition) is 6. The first-order valence-electron chi connectivity index (χ1n) is 6.39. The molecule has 0 saturated carbocycles. The Morgan fingerprint density at radius 1 is 1.60 bits per heavy atom. The van der Waals surface area contributed by atoms with E-state index in [1.54, 1.807) is 17.9 Å². The van der Waals surface area contributed by atoms with Gasteiger partial charge in [-0.3, -0.25) is 4.79 Å². The number of rotatable bonds is 4. The van der Waals surface area contributed by atoms with E-state index < -0.39 is 11.9 Å². The average Bonchev–Trinajstić information content (AvgIpc) is 2.88. The van der Waals surface area contributed by atoms with E-state index in [1.807, 2.05) is 13.0 Å². The molecule has 0 spiro atoms. The van der Waals surface area contributed by atoms with Gasteiger partial charge in [0.05, 0.1) is 19.3 Å². The first kappa shape index (κ1) is 14.2. The van der Waals surface area contributed by atoms with E-state index in [-0.39, 0.29) is 18.3 Å². The third-order valence-corrected chi connectivity index (χ3v) is 3.32. The van der Waals surface area contributed by atoms with E-state index in [0.717, 1.165) is 0 Å². The SMILES string of the molecule is CCN(c1nc(C)cc(C#N)n1)C1COCC1C(=O)O. The van der Waals surface area contributed by atoms with Crippen molar-refractivity contribution in [2.45, 2.75) is 19.9 Å². The molecule has 1 aliphatic rings. The minimum absolute atomic E-state index is 0.188. The van der Waals surface area contributed by atoms with Gasteiger partial charge in [0.15, 0.2) is 0 Å². The second-order valence-electron chi connectivity index (χ2n) is 4.64. The molecule has 2 heterocycles. The van der Waals surface area contributed by atoms with Gasteiger partial charge in [0.25, 0.3) is 0 Å². The average molecular weight is 276 g/mol. The summed E-state index contributed by atoms with van der Waals surface area (Å²) < 4.78 is 5.28. The maximum atomic E-state index is 11.3. The van der Waals surface area contributed by atoms with Gasteiger partial charge in [0.2, 0.25) is 5.95 Å². The topological polar surface area (TPSA) is 99.3 Å². The summed E-state index contributed by atoms with van der Waals surface area (Å²) >= 11 is 0. The predicted octanol–water partition coefficient (Wildman–Crippen LogP) is 0.583. The van der Waals surface area contributed by atoms with Crippen molar-refractivity contribution in [1.82, 2.24) is 9.97 Å². The maximum absolute atomic E-state index is 11.3. The molecular formula is C13H16N4O3. The van der Waals surface area contributed by atoms with E-state index in [4.69, 9.17) is 10.00 Å². The van der Waals surface area contributed by atoms with Crippen molar-refractivity contribution in [3.8, 4) is 6.07 Å². The summed E-state index contributed by atoms with van der Waals surface area (Å²) in [4.78, 5) is 21.5. The van der Waals surface area contributed by atoms with E-state index in [2.05, 4.69) is 9.97 Å². The zero-order valence-corrected chi connectivity index (χ0v) is 11.4. The number of carbonyl (C=O) groups is 1. The van der Waals surface area contributed by atoms with Crippen LogP contribution >= 0.6 is 0 Å². The molecule has 7 heteroatoms. The summed E-state index contributed by atoms with van der Waals surface area (Å²) in [6.07, 6.45) is 0. The van der Waals surface area contributed by atoms with Gasteiger partial charge < -0.3 is 14.7 Å². The minimum atomic E-state index is -0.890. The quantitative estimate of drug-likeness (QED) is 0.858. The lowest BCUT2D eigenvalue weighted by molar-refractivity contribution is -0.141. The van der Waals surface area contributed by atoms with E-state index >= 15 is 0 Å². The summed E-state index contributed by atoms with van der Waals surface area (Å²) in [5.74, 6) is -1.12. The molecule has 1 aromatic heterocycles. The van der Waals surface area contributed by atoms with Crippen LogP contribution in [0.3, 0.4) is 0 Å². The number of nitriles is 1. The van der Waals surface area contributed by atoms with Gasteiger partial charge >= 0.3 is 5.97 Å². The van der Waals surface area contributed by atoms with Crippen LogP contribution in [-0.2, 0) is 9.53 Å². The summed E-state index contributed by atoms with van der Waals surface area (Å²) in [6.45, 7) is 4.73. The highest BCUT2D eigenvalue weighted by Crippen LogP contribution is 2.23. The number of carboxylic acid groups (broad SMARTS) is 1. The first-order chi connectivity index (χ1) is 9.56. The highest BCUT2D eigenvalue weighted by Gasteiger charge is 2.38. The molecule has 1 saturated heterocycles. The number of ether oxygens (including phenoxy) is 1. The molecule has 1 fully saturated rings. The number of aryl methyl sites for hydroxylation is 1. The summed E-state index contributed by atoms with van der Waals surface area (Å²) in [6, 6.07) is 3.27. The van der Waals surface area contributed by atoms with Gasteiger partial charge in [-0.1, -0.05) is 0 Å². The predicted molar refractivity (Wildman–Crippen MR) is 70.2 cm³/mol. The monoisotopic (exact) mass is 276 g/mol. The van der Waals surface area contributed by atoms with Crippen molar-refractivity contribution in [3.05, 3.63) is 17.5 Å². The highest BCUT2D eigenvalue weighted by atomic mass is 16.5. The van der Waals surface area contributed by atoms with Gasteiger partial charge in [0.1, 0.15) is 17.7 Å². The van der Waals surface area contributed by atoms with Crippen molar-refractivity contribution in [1.29, 1.82) is 5.26 Å². The Morgan fingerprint density at radius 2 is 2.35 bits per heavy atom. The van der Waals surface area contributed by atoms with Crippen LogP contribution in [0.4, 0.5) is 5.95 Å².